The highest BCUT2D eigenvalue weighted by molar-refractivity contribution is 5.97. The third-order valence-corrected chi connectivity index (χ3v) is 4.31. The van der Waals surface area contributed by atoms with Gasteiger partial charge in [-0.05, 0) is 43.5 Å². The first-order valence-corrected chi connectivity index (χ1v) is 7.91. The van der Waals surface area contributed by atoms with Crippen LogP contribution in [0.5, 0.6) is 5.75 Å². The number of nitrogen functional groups attached to an aromatic ring is 1. The fourth-order valence-electron chi connectivity index (χ4n) is 3.22. The van der Waals surface area contributed by atoms with Crippen LogP contribution in [0.1, 0.15) is 50.2 Å². The summed E-state index contributed by atoms with van der Waals surface area (Å²) in [5.74, 6) is 0.754. The summed E-state index contributed by atoms with van der Waals surface area (Å²) >= 11 is 0. The molecule has 0 spiro atoms. The Hall–Kier alpha value is -1.55. The van der Waals surface area contributed by atoms with Crippen LogP contribution in [0.25, 0.3) is 0 Å². The zero-order valence-corrected chi connectivity index (χ0v) is 13.2. The van der Waals surface area contributed by atoms with E-state index in [2.05, 4.69) is 17.9 Å². The normalized spacial score (nSPS) is 19.4. The maximum absolute atomic E-state index is 7.58. The Morgan fingerprint density at radius 2 is 2.24 bits per heavy atom. The summed E-state index contributed by atoms with van der Waals surface area (Å²) in [5, 5.41) is 7.58. The van der Waals surface area contributed by atoms with E-state index in [1.54, 1.807) is 7.11 Å². The van der Waals surface area contributed by atoms with Gasteiger partial charge < -0.3 is 10.5 Å². The number of likely N-dealkylation sites (tertiary alicyclic amines) is 1. The molecule has 4 nitrogen and oxygen atoms in total. The molecule has 3 N–H and O–H groups in total. The van der Waals surface area contributed by atoms with Gasteiger partial charge in [-0.15, -0.1) is 0 Å². The minimum Gasteiger partial charge on any atom is -0.496 e. The van der Waals surface area contributed by atoms with Crippen molar-refractivity contribution in [2.75, 3.05) is 13.7 Å². The quantitative estimate of drug-likeness (QED) is 0.624. The number of nitrogens with zero attached hydrogens (tertiary/aromatic N) is 1. The number of ether oxygens (including phenoxy) is 1. The van der Waals surface area contributed by atoms with Crippen molar-refractivity contribution < 1.29 is 4.74 Å². The number of benzene rings is 1. The lowest BCUT2D eigenvalue weighted by Crippen LogP contribution is -2.38. The maximum Gasteiger partial charge on any atom is 0.130 e. The van der Waals surface area contributed by atoms with Crippen molar-refractivity contribution in [1.82, 2.24) is 4.90 Å². The van der Waals surface area contributed by atoms with Gasteiger partial charge in [-0.1, -0.05) is 25.8 Å². The Bertz CT molecular complexity index is 485. The van der Waals surface area contributed by atoms with Gasteiger partial charge >= 0.3 is 0 Å². The molecule has 1 heterocycles. The Morgan fingerprint density at radius 3 is 2.90 bits per heavy atom. The molecule has 0 bridgehead atoms. The van der Waals surface area contributed by atoms with Crippen LogP contribution >= 0.6 is 0 Å². The molecule has 0 aliphatic carbocycles. The molecular formula is C17H27N3O. The van der Waals surface area contributed by atoms with Crippen LogP contribution in [0.2, 0.25) is 0 Å². The van der Waals surface area contributed by atoms with Crippen molar-refractivity contribution >= 4 is 5.84 Å². The van der Waals surface area contributed by atoms with E-state index in [1.807, 2.05) is 12.1 Å². The topological polar surface area (TPSA) is 62.3 Å². The Morgan fingerprint density at radius 1 is 1.43 bits per heavy atom. The lowest BCUT2D eigenvalue weighted by atomic mass is 9.97. The van der Waals surface area contributed by atoms with Crippen molar-refractivity contribution in [3.8, 4) is 5.75 Å². The SMILES string of the molecule is CCCC1CCCCN1Cc1ccc(C(=N)N)c(OC)c1. The summed E-state index contributed by atoms with van der Waals surface area (Å²) in [5.41, 5.74) is 7.49. The minimum atomic E-state index is 0.0558. The first kappa shape index (κ1) is 15.8. The number of hydrogen-bond donors (Lipinski definition) is 2. The third-order valence-electron chi connectivity index (χ3n) is 4.31. The number of amidine groups is 1. The Kier molecular flexibility index (Phi) is 5.62. The molecule has 1 aromatic carbocycles. The van der Waals surface area contributed by atoms with Crippen molar-refractivity contribution in [2.24, 2.45) is 5.73 Å². The summed E-state index contributed by atoms with van der Waals surface area (Å²) in [6.07, 6.45) is 6.49. The van der Waals surface area contributed by atoms with Crippen LogP contribution in [0.4, 0.5) is 0 Å². The number of rotatable bonds is 6. The van der Waals surface area contributed by atoms with Gasteiger partial charge in [-0.3, -0.25) is 10.3 Å². The molecule has 1 aromatic rings. The van der Waals surface area contributed by atoms with Crippen LogP contribution < -0.4 is 10.5 Å². The van der Waals surface area contributed by atoms with E-state index in [9.17, 15) is 0 Å². The predicted molar refractivity (Wildman–Crippen MR) is 87.0 cm³/mol. The highest BCUT2D eigenvalue weighted by Crippen LogP contribution is 2.25. The zero-order valence-electron chi connectivity index (χ0n) is 13.2. The number of nitrogens with two attached hydrogens (primary N) is 1. The number of hydrogen-bond acceptors (Lipinski definition) is 3. The molecule has 0 amide bonds. The van der Waals surface area contributed by atoms with Gasteiger partial charge in [0.25, 0.3) is 0 Å². The Labute approximate surface area is 127 Å². The smallest absolute Gasteiger partial charge is 0.130 e. The zero-order chi connectivity index (χ0) is 15.2. The number of piperidine rings is 1. The molecule has 0 saturated carbocycles. The van der Waals surface area contributed by atoms with E-state index in [-0.39, 0.29) is 5.84 Å². The van der Waals surface area contributed by atoms with Gasteiger partial charge in [0.15, 0.2) is 0 Å². The fraction of sp³-hybridized carbons (Fsp3) is 0.588. The van der Waals surface area contributed by atoms with Crippen LogP contribution in [0.3, 0.4) is 0 Å². The van der Waals surface area contributed by atoms with Gasteiger partial charge in [0.05, 0.1) is 12.7 Å². The number of nitrogens with one attached hydrogen (secondary N) is 1. The highest BCUT2D eigenvalue weighted by Gasteiger charge is 2.21. The van der Waals surface area contributed by atoms with Crippen LogP contribution in [0.15, 0.2) is 18.2 Å². The number of methoxy groups -OCH3 is 1. The lowest BCUT2D eigenvalue weighted by Gasteiger charge is -2.35. The first-order chi connectivity index (χ1) is 10.2. The molecule has 0 radical (unpaired) electrons. The van der Waals surface area contributed by atoms with Gasteiger partial charge in [0.2, 0.25) is 0 Å². The molecule has 1 saturated heterocycles. The average molecular weight is 289 g/mol. The largest absolute Gasteiger partial charge is 0.496 e. The van der Waals surface area contributed by atoms with Crippen LogP contribution in [-0.2, 0) is 6.54 Å². The average Bonchev–Trinajstić information content (AvgIpc) is 2.49. The summed E-state index contributed by atoms with van der Waals surface area (Å²) in [6.45, 7) is 4.40. The van der Waals surface area contributed by atoms with Crippen molar-refractivity contribution in [3.63, 3.8) is 0 Å². The summed E-state index contributed by atoms with van der Waals surface area (Å²) in [7, 11) is 1.63. The van der Waals surface area contributed by atoms with Gasteiger partial charge in [-0.2, -0.15) is 0 Å². The molecule has 1 aliphatic heterocycles. The van der Waals surface area contributed by atoms with Crippen molar-refractivity contribution in [2.45, 2.75) is 51.6 Å². The van der Waals surface area contributed by atoms with Gasteiger partial charge in [-0.25, -0.2) is 0 Å². The van der Waals surface area contributed by atoms with E-state index < -0.39 is 0 Å². The summed E-state index contributed by atoms with van der Waals surface area (Å²) < 4.78 is 5.37. The molecular weight excluding hydrogens is 262 g/mol. The fourth-order valence-corrected chi connectivity index (χ4v) is 3.22. The van der Waals surface area contributed by atoms with Crippen LogP contribution in [0, 0.1) is 5.41 Å². The molecule has 1 fully saturated rings. The monoisotopic (exact) mass is 289 g/mol. The van der Waals surface area contributed by atoms with Crippen molar-refractivity contribution in [3.05, 3.63) is 29.3 Å². The minimum absolute atomic E-state index is 0.0558. The predicted octanol–water partition coefficient (Wildman–Crippen LogP) is 3.13. The molecule has 21 heavy (non-hydrogen) atoms. The van der Waals surface area contributed by atoms with E-state index in [4.69, 9.17) is 15.9 Å². The van der Waals surface area contributed by atoms with Crippen LogP contribution in [-0.4, -0.2) is 30.4 Å². The second-order valence-electron chi connectivity index (χ2n) is 5.86. The first-order valence-electron chi connectivity index (χ1n) is 7.91. The summed E-state index contributed by atoms with van der Waals surface area (Å²) in [6, 6.07) is 6.70. The standard InChI is InChI=1S/C17H27N3O/c1-3-6-14-7-4-5-10-20(14)12-13-8-9-15(17(18)19)16(11-13)21-2/h8-9,11,14H,3-7,10,12H2,1-2H3,(H3,18,19). The van der Waals surface area contributed by atoms with E-state index in [0.29, 0.717) is 17.4 Å². The third kappa shape index (κ3) is 3.97. The summed E-state index contributed by atoms with van der Waals surface area (Å²) in [4.78, 5) is 2.59. The molecule has 1 unspecified atom stereocenters. The van der Waals surface area contributed by atoms with Gasteiger partial charge in [0.1, 0.15) is 11.6 Å². The van der Waals surface area contributed by atoms with E-state index >= 15 is 0 Å². The second kappa shape index (κ2) is 7.46. The molecule has 1 atom stereocenters. The Balaban J connectivity index is 2.12. The van der Waals surface area contributed by atoms with Gasteiger partial charge in [0, 0.05) is 12.6 Å². The molecule has 2 rings (SSSR count). The second-order valence-corrected chi connectivity index (χ2v) is 5.86. The van der Waals surface area contributed by atoms with E-state index in [0.717, 1.165) is 6.54 Å². The molecule has 0 aromatic heterocycles. The maximum atomic E-state index is 7.58. The molecule has 4 heteroatoms. The lowest BCUT2D eigenvalue weighted by molar-refractivity contribution is 0.131. The molecule has 116 valence electrons. The highest BCUT2D eigenvalue weighted by atomic mass is 16.5. The van der Waals surface area contributed by atoms with Crippen molar-refractivity contribution in [1.29, 1.82) is 5.41 Å². The van der Waals surface area contributed by atoms with E-state index in [1.165, 1.54) is 44.2 Å². The molecule has 1 aliphatic rings.